The maximum Gasteiger partial charge on any atom is 0.291 e. The second-order valence-corrected chi connectivity index (χ2v) is 4.41. The van der Waals surface area contributed by atoms with Crippen LogP contribution in [-0.4, -0.2) is 16.0 Å². The lowest BCUT2D eigenvalue weighted by atomic mass is 10.2. The van der Waals surface area contributed by atoms with Crippen molar-refractivity contribution in [2.75, 3.05) is 5.32 Å². The topological polar surface area (TPSA) is 75.4 Å². The summed E-state index contributed by atoms with van der Waals surface area (Å²) in [5.74, 6) is 0.499. The number of hydrogen-bond donors (Lipinski definition) is 2. The molecule has 0 spiro atoms. The number of hydrogen-bond acceptors (Lipinski definition) is 4. The minimum atomic E-state index is -0.352. The van der Waals surface area contributed by atoms with Crippen LogP contribution in [0, 0.1) is 0 Å². The van der Waals surface area contributed by atoms with Gasteiger partial charge in [-0.2, -0.15) is 0 Å². The summed E-state index contributed by atoms with van der Waals surface area (Å²) < 4.78 is 5.52. The van der Waals surface area contributed by atoms with Gasteiger partial charge in [0.2, 0.25) is 0 Å². The highest BCUT2D eigenvalue weighted by atomic mass is 16.4. The molecule has 0 radical (unpaired) electrons. The molecule has 0 bridgehead atoms. The van der Waals surface area contributed by atoms with Crippen LogP contribution in [0.15, 0.2) is 65.3 Å². The number of nitrogens with one attached hydrogen (secondary N) is 1. The highest BCUT2D eigenvalue weighted by Crippen LogP contribution is 2.25. The maximum atomic E-state index is 12.0. The molecule has 5 heteroatoms. The molecule has 0 aliphatic carbocycles. The van der Waals surface area contributed by atoms with Gasteiger partial charge in [-0.3, -0.25) is 9.78 Å². The molecule has 2 N–H and O–H groups in total. The van der Waals surface area contributed by atoms with Crippen molar-refractivity contribution in [3.63, 3.8) is 0 Å². The van der Waals surface area contributed by atoms with E-state index in [9.17, 15) is 9.90 Å². The third-order valence-electron chi connectivity index (χ3n) is 2.88. The number of amides is 1. The number of rotatable bonds is 3. The summed E-state index contributed by atoms with van der Waals surface area (Å²) in [7, 11) is 0. The summed E-state index contributed by atoms with van der Waals surface area (Å²) in [5.41, 5.74) is 1.30. The fourth-order valence-electron chi connectivity index (χ4n) is 1.90. The fourth-order valence-corrected chi connectivity index (χ4v) is 1.90. The van der Waals surface area contributed by atoms with E-state index in [4.69, 9.17) is 4.42 Å². The van der Waals surface area contributed by atoms with Gasteiger partial charge in [0.25, 0.3) is 5.91 Å². The first-order valence-corrected chi connectivity index (χ1v) is 6.33. The molecular weight excluding hydrogens is 268 g/mol. The average molecular weight is 280 g/mol. The largest absolute Gasteiger partial charge is 0.508 e. The molecule has 0 aliphatic heterocycles. The van der Waals surface area contributed by atoms with E-state index in [0.29, 0.717) is 17.0 Å². The van der Waals surface area contributed by atoms with Crippen molar-refractivity contribution < 1.29 is 14.3 Å². The Hall–Kier alpha value is -3.08. The van der Waals surface area contributed by atoms with Gasteiger partial charge < -0.3 is 14.8 Å². The first-order valence-electron chi connectivity index (χ1n) is 6.33. The van der Waals surface area contributed by atoms with E-state index < -0.39 is 0 Å². The van der Waals surface area contributed by atoms with Crippen molar-refractivity contribution >= 4 is 11.6 Å². The van der Waals surface area contributed by atoms with E-state index in [2.05, 4.69) is 10.3 Å². The minimum absolute atomic E-state index is 0.144. The van der Waals surface area contributed by atoms with E-state index in [1.54, 1.807) is 60.9 Å². The van der Waals surface area contributed by atoms with Crippen molar-refractivity contribution in [2.24, 2.45) is 0 Å². The predicted molar refractivity (Wildman–Crippen MR) is 78.0 cm³/mol. The Morgan fingerprint density at radius 1 is 1.14 bits per heavy atom. The number of furan rings is 1. The lowest BCUT2D eigenvalue weighted by Crippen LogP contribution is -2.10. The van der Waals surface area contributed by atoms with Crippen LogP contribution in [0.25, 0.3) is 11.3 Å². The third-order valence-corrected chi connectivity index (χ3v) is 2.88. The Labute approximate surface area is 120 Å². The van der Waals surface area contributed by atoms with Crippen molar-refractivity contribution in [3.05, 3.63) is 66.7 Å². The van der Waals surface area contributed by atoms with Crippen LogP contribution in [-0.2, 0) is 0 Å². The Morgan fingerprint density at radius 3 is 2.81 bits per heavy atom. The van der Waals surface area contributed by atoms with Crippen molar-refractivity contribution in [1.82, 2.24) is 4.98 Å². The van der Waals surface area contributed by atoms with Crippen LogP contribution in [0.2, 0.25) is 0 Å². The summed E-state index contributed by atoms with van der Waals surface area (Å²) in [6.07, 6.45) is 3.18. The zero-order valence-corrected chi connectivity index (χ0v) is 11.0. The number of phenolic OH excluding ortho intramolecular Hbond substituents is 1. The number of carbonyl (C=O) groups excluding carboxylic acids is 1. The van der Waals surface area contributed by atoms with Gasteiger partial charge in [-0.1, -0.05) is 12.1 Å². The van der Waals surface area contributed by atoms with E-state index in [0.717, 1.165) is 0 Å². The quantitative estimate of drug-likeness (QED) is 0.771. The summed E-state index contributed by atoms with van der Waals surface area (Å²) in [4.78, 5) is 16.0. The van der Waals surface area contributed by atoms with Gasteiger partial charge in [0.05, 0.1) is 11.9 Å². The van der Waals surface area contributed by atoms with E-state index in [1.165, 1.54) is 0 Å². The molecule has 21 heavy (non-hydrogen) atoms. The molecule has 0 aliphatic rings. The maximum absolute atomic E-state index is 12.0. The van der Waals surface area contributed by atoms with Crippen LogP contribution < -0.4 is 5.32 Å². The summed E-state index contributed by atoms with van der Waals surface area (Å²) in [6.45, 7) is 0. The molecule has 0 atom stereocenters. The van der Waals surface area contributed by atoms with Gasteiger partial charge in [0.1, 0.15) is 11.5 Å². The molecule has 5 nitrogen and oxygen atoms in total. The molecule has 1 aromatic carbocycles. The van der Waals surface area contributed by atoms with Gasteiger partial charge in [-0.05, 0) is 36.4 Å². The normalized spacial score (nSPS) is 10.3. The summed E-state index contributed by atoms with van der Waals surface area (Å²) in [6, 6.07) is 13.4. The summed E-state index contributed by atoms with van der Waals surface area (Å²) >= 11 is 0. The Bertz CT molecular complexity index is 766. The second-order valence-electron chi connectivity index (χ2n) is 4.41. The zero-order valence-electron chi connectivity index (χ0n) is 11.0. The van der Waals surface area contributed by atoms with Crippen LogP contribution in [0.5, 0.6) is 5.75 Å². The molecule has 1 amide bonds. The van der Waals surface area contributed by atoms with Crippen molar-refractivity contribution in [2.45, 2.75) is 0 Å². The van der Waals surface area contributed by atoms with Crippen LogP contribution in [0.3, 0.4) is 0 Å². The smallest absolute Gasteiger partial charge is 0.291 e. The second kappa shape index (κ2) is 5.50. The highest BCUT2D eigenvalue weighted by molar-refractivity contribution is 6.02. The molecule has 2 aromatic heterocycles. The standard InChI is InChI=1S/C16H12N2O3/c19-13-5-1-3-11(9-13)14-6-7-15(21-14)16(20)18-12-4-2-8-17-10-12/h1-10,19H,(H,18,20). The molecule has 0 unspecified atom stereocenters. The Kier molecular flexibility index (Phi) is 3.39. The number of pyridine rings is 1. The monoisotopic (exact) mass is 280 g/mol. The van der Waals surface area contributed by atoms with Crippen LogP contribution >= 0.6 is 0 Å². The predicted octanol–water partition coefficient (Wildman–Crippen LogP) is 3.30. The first kappa shape index (κ1) is 12.9. The molecule has 3 rings (SSSR count). The Morgan fingerprint density at radius 2 is 2.05 bits per heavy atom. The zero-order chi connectivity index (χ0) is 14.7. The van der Waals surface area contributed by atoms with Gasteiger partial charge in [0, 0.05) is 11.8 Å². The van der Waals surface area contributed by atoms with Gasteiger partial charge in [0.15, 0.2) is 5.76 Å². The van der Waals surface area contributed by atoms with E-state index in [-0.39, 0.29) is 17.4 Å². The third kappa shape index (κ3) is 2.92. The first-order chi connectivity index (χ1) is 10.2. The van der Waals surface area contributed by atoms with Gasteiger partial charge >= 0.3 is 0 Å². The van der Waals surface area contributed by atoms with Gasteiger partial charge in [-0.15, -0.1) is 0 Å². The molecule has 104 valence electrons. The molecule has 0 fully saturated rings. The van der Waals surface area contributed by atoms with Crippen molar-refractivity contribution in [1.29, 1.82) is 0 Å². The lowest BCUT2D eigenvalue weighted by Gasteiger charge is -2.02. The molecule has 3 aromatic rings. The molecule has 0 saturated heterocycles. The average Bonchev–Trinajstić information content (AvgIpc) is 2.98. The number of anilines is 1. The van der Waals surface area contributed by atoms with Crippen molar-refractivity contribution in [3.8, 4) is 17.1 Å². The number of aromatic nitrogens is 1. The SMILES string of the molecule is O=C(Nc1cccnc1)c1ccc(-c2cccc(O)c2)o1. The summed E-state index contributed by atoms with van der Waals surface area (Å²) in [5, 5.41) is 12.1. The number of carbonyl (C=O) groups is 1. The fraction of sp³-hybridized carbons (Fsp3) is 0. The van der Waals surface area contributed by atoms with Crippen LogP contribution in [0.1, 0.15) is 10.6 Å². The van der Waals surface area contributed by atoms with Gasteiger partial charge in [-0.25, -0.2) is 0 Å². The van der Waals surface area contributed by atoms with E-state index in [1.807, 2.05) is 0 Å². The minimum Gasteiger partial charge on any atom is -0.508 e. The number of benzene rings is 1. The number of nitrogens with zero attached hydrogens (tertiary/aromatic N) is 1. The van der Waals surface area contributed by atoms with E-state index >= 15 is 0 Å². The highest BCUT2D eigenvalue weighted by Gasteiger charge is 2.12. The van der Waals surface area contributed by atoms with Crippen LogP contribution in [0.4, 0.5) is 5.69 Å². The number of phenols is 1. The molecule has 2 heterocycles. The lowest BCUT2D eigenvalue weighted by molar-refractivity contribution is 0.0997. The Balaban J connectivity index is 1.80. The number of aromatic hydroxyl groups is 1. The molecule has 0 saturated carbocycles. The molecular formula is C16H12N2O3.